The first-order valence-corrected chi connectivity index (χ1v) is 7.15. The maximum absolute atomic E-state index is 14.5. The lowest BCUT2D eigenvalue weighted by atomic mass is 10.0. The van der Waals surface area contributed by atoms with Crippen LogP contribution in [0.1, 0.15) is 0 Å². The van der Waals surface area contributed by atoms with Gasteiger partial charge in [0, 0.05) is 5.56 Å². The molecule has 4 aromatic rings. The third-order valence-electron chi connectivity index (χ3n) is 3.73. The Morgan fingerprint density at radius 1 is 0.870 bits per heavy atom. The van der Waals surface area contributed by atoms with Crippen molar-refractivity contribution < 1.29 is 4.39 Å². The summed E-state index contributed by atoms with van der Waals surface area (Å²) in [5.41, 5.74) is 3.32. The zero-order chi connectivity index (χ0) is 15.8. The topological polar surface area (TPSA) is 61.5 Å². The van der Waals surface area contributed by atoms with Crippen LogP contribution >= 0.6 is 0 Å². The van der Waals surface area contributed by atoms with Gasteiger partial charge in [-0.05, 0) is 35.4 Å². The highest BCUT2D eigenvalue weighted by Crippen LogP contribution is 2.27. The van der Waals surface area contributed by atoms with Gasteiger partial charge >= 0.3 is 5.69 Å². The Bertz CT molecular complexity index is 1050. The lowest BCUT2D eigenvalue weighted by Gasteiger charge is -2.06. The van der Waals surface area contributed by atoms with Gasteiger partial charge in [0.05, 0.1) is 11.2 Å². The number of aromatic amines is 2. The highest BCUT2D eigenvalue weighted by Gasteiger charge is 2.10. The van der Waals surface area contributed by atoms with Gasteiger partial charge in [-0.25, -0.2) is 14.2 Å². The summed E-state index contributed by atoms with van der Waals surface area (Å²) < 4.78 is 14.5. The largest absolute Gasteiger partial charge is 0.325 e. The van der Waals surface area contributed by atoms with Crippen molar-refractivity contribution in [2.45, 2.75) is 0 Å². The number of hydrogen-bond donors (Lipinski definition) is 2. The summed E-state index contributed by atoms with van der Waals surface area (Å²) >= 11 is 0. The second-order valence-corrected chi connectivity index (χ2v) is 5.23. The first-order valence-electron chi connectivity index (χ1n) is 7.15. The Balaban J connectivity index is 1.80. The van der Waals surface area contributed by atoms with Gasteiger partial charge in [-0.1, -0.05) is 36.4 Å². The number of benzene rings is 2. The fourth-order valence-corrected chi connectivity index (χ4v) is 2.60. The zero-order valence-electron chi connectivity index (χ0n) is 12.0. The summed E-state index contributed by atoms with van der Waals surface area (Å²) in [5.74, 6) is -0.351. The Hall–Kier alpha value is -3.21. The van der Waals surface area contributed by atoms with Crippen LogP contribution in [0.25, 0.3) is 33.5 Å². The molecule has 23 heavy (non-hydrogen) atoms. The number of rotatable bonds is 2. The molecule has 0 aliphatic heterocycles. The molecule has 0 aliphatic rings. The summed E-state index contributed by atoms with van der Waals surface area (Å²) in [6.07, 6.45) is 0. The van der Waals surface area contributed by atoms with Crippen molar-refractivity contribution in [2.75, 3.05) is 0 Å². The van der Waals surface area contributed by atoms with E-state index in [1.807, 2.05) is 36.4 Å². The van der Waals surface area contributed by atoms with Crippen LogP contribution in [0.2, 0.25) is 0 Å². The van der Waals surface area contributed by atoms with E-state index in [1.165, 1.54) is 6.07 Å². The van der Waals surface area contributed by atoms with Gasteiger partial charge in [-0.3, -0.25) is 4.98 Å². The number of pyridine rings is 1. The number of H-pyrrole nitrogens is 2. The average molecular weight is 305 g/mol. The van der Waals surface area contributed by atoms with Crippen molar-refractivity contribution in [1.82, 2.24) is 15.0 Å². The van der Waals surface area contributed by atoms with Gasteiger partial charge in [0.1, 0.15) is 5.82 Å². The molecule has 0 unspecified atom stereocenters. The van der Waals surface area contributed by atoms with Crippen LogP contribution in [0.5, 0.6) is 0 Å². The first-order chi connectivity index (χ1) is 11.2. The normalized spacial score (nSPS) is 11.0. The number of hydrogen-bond acceptors (Lipinski definition) is 2. The lowest BCUT2D eigenvalue weighted by Crippen LogP contribution is -1.99. The van der Waals surface area contributed by atoms with Crippen LogP contribution in [0, 0.1) is 5.82 Å². The molecule has 0 spiro atoms. The van der Waals surface area contributed by atoms with Crippen molar-refractivity contribution in [3.63, 3.8) is 0 Å². The Labute approximate surface area is 130 Å². The first kappa shape index (κ1) is 13.5. The lowest BCUT2D eigenvalue weighted by molar-refractivity contribution is 0.631. The highest BCUT2D eigenvalue weighted by atomic mass is 19.1. The molecule has 2 heterocycles. The zero-order valence-corrected chi connectivity index (χ0v) is 12.0. The molecule has 2 aromatic carbocycles. The molecule has 0 aliphatic carbocycles. The third-order valence-corrected chi connectivity index (χ3v) is 3.73. The van der Waals surface area contributed by atoms with Gasteiger partial charge in [-0.2, -0.15) is 0 Å². The summed E-state index contributed by atoms with van der Waals surface area (Å²) in [4.78, 5) is 20.8. The number of nitrogens with zero attached hydrogens (tertiary/aromatic N) is 1. The van der Waals surface area contributed by atoms with Crippen molar-refractivity contribution in [2.24, 2.45) is 0 Å². The second kappa shape index (κ2) is 5.21. The molecule has 2 aromatic heterocycles. The molecule has 0 radical (unpaired) electrons. The molecule has 0 bridgehead atoms. The van der Waals surface area contributed by atoms with Crippen molar-refractivity contribution >= 4 is 11.2 Å². The van der Waals surface area contributed by atoms with E-state index in [0.29, 0.717) is 22.4 Å². The Morgan fingerprint density at radius 2 is 1.70 bits per heavy atom. The standard InChI is InChI=1S/C18H12FN3O/c19-14-10-12(11-4-2-1-3-5-11)6-7-13(14)15-8-9-16-17(20-15)22-18(23)21-16/h1-10H,(H2,20,21,22,23). The minimum atomic E-state index is -0.351. The van der Waals surface area contributed by atoms with E-state index in [1.54, 1.807) is 18.2 Å². The van der Waals surface area contributed by atoms with E-state index in [-0.39, 0.29) is 11.5 Å². The third kappa shape index (κ3) is 2.42. The maximum Gasteiger partial charge on any atom is 0.325 e. The van der Waals surface area contributed by atoms with Crippen LogP contribution in [0.4, 0.5) is 4.39 Å². The molecular weight excluding hydrogens is 293 g/mol. The van der Waals surface area contributed by atoms with E-state index >= 15 is 0 Å². The molecule has 4 nitrogen and oxygen atoms in total. The van der Waals surface area contributed by atoms with Crippen molar-refractivity contribution in [3.05, 3.63) is 77.0 Å². The Kier molecular flexibility index (Phi) is 3.05. The fourth-order valence-electron chi connectivity index (χ4n) is 2.60. The van der Waals surface area contributed by atoms with Crippen LogP contribution in [-0.4, -0.2) is 15.0 Å². The molecule has 0 amide bonds. The predicted molar refractivity (Wildman–Crippen MR) is 87.5 cm³/mol. The summed E-state index contributed by atoms with van der Waals surface area (Å²) in [6, 6.07) is 18.1. The monoisotopic (exact) mass is 305 g/mol. The predicted octanol–water partition coefficient (Wildman–Crippen LogP) is 3.72. The maximum atomic E-state index is 14.5. The van der Waals surface area contributed by atoms with E-state index in [2.05, 4.69) is 15.0 Å². The van der Waals surface area contributed by atoms with Crippen LogP contribution in [-0.2, 0) is 0 Å². The average Bonchev–Trinajstić information content (AvgIpc) is 2.94. The number of aromatic nitrogens is 3. The van der Waals surface area contributed by atoms with E-state index < -0.39 is 0 Å². The number of halogens is 1. The van der Waals surface area contributed by atoms with Gasteiger partial charge in [0.15, 0.2) is 5.65 Å². The Morgan fingerprint density at radius 3 is 2.48 bits per heavy atom. The van der Waals surface area contributed by atoms with Gasteiger partial charge in [-0.15, -0.1) is 0 Å². The minimum absolute atomic E-state index is 0.329. The van der Waals surface area contributed by atoms with Crippen molar-refractivity contribution in [1.29, 1.82) is 0 Å². The summed E-state index contributed by atoms with van der Waals surface area (Å²) in [7, 11) is 0. The van der Waals surface area contributed by atoms with E-state index in [0.717, 1.165) is 11.1 Å². The fraction of sp³-hybridized carbons (Fsp3) is 0. The van der Waals surface area contributed by atoms with Gasteiger partial charge in [0.25, 0.3) is 0 Å². The molecule has 0 fully saturated rings. The molecule has 112 valence electrons. The molecule has 0 atom stereocenters. The van der Waals surface area contributed by atoms with Gasteiger partial charge < -0.3 is 4.98 Å². The second-order valence-electron chi connectivity index (χ2n) is 5.23. The van der Waals surface area contributed by atoms with Crippen LogP contribution < -0.4 is 5.69 Å². The number of nitrogens with one attached hydrogen (secondary N) is 2. The number of imidazole rings is 1. The summed E-state index contributed by atoms with van der Waals surface area (Å²) in [5, 5.41) is 0. The minimum Gasteiger partial charge on any atom is -0.304 e. The van der Waals surface area contributed by atoms with Gasteiger partial charge in [0.2, 0.25) is 0 Å². The van der Waals surface area contributed by atoms with Crippen LogP contribution in [0.3, 0.4) is 0 Å². The van der Waals surface area contributed by atoms with Crippen LogP contribution in [0.15, 0.2) is 65.5 Å². The molecule has 0 saturated carbocycles. The summed E-state index contributed by atoms with van der Waals surface area (Å²) in [6.45, 7) is 0. The van der Waals surface area contributed by atoms with E-state index in [4.69, 9.17) is 0 Å². The highest BCUT2D eigenvalue weighted by molar-refractivity contribution is 5.76. The molecule has 5 heteroatoms. The molecular formula is C18H12FN3O. The SMILES string of the molecule is O=c1[nH]c2ccc(-c3ccc(-c4ccccc4)cc3F)nc2[nH]1. The van der Waals surface area contributed by atoms with Crippen molar-refractivity contribution in [3.8, 4) is 22.4 Å². The molecule has 0 saturated heterocycles. The number of fused-ring (bicyclic) bond motifs is 1. The quantitative estimate of drug-likeness (QED) is 0.593. The smallest absolute Gasteiger partial charge is 0.304 e. The molecule has 2 N–H and O–H groups in total. The molecule has 4 rings (SSSR count). The van der Waals surface area contributed by atoms with E-state index in [9.17, 15) is 9.18 Å².